The number of rotatable bonds is 5. The van der Waals surface area contributed by atoms with Gasteiger partial charge >= 0.3 is 12.0 Å². The van der Waals surface area contributed by atoms with Gasteiger partial charge in [0.2, 0.25) is 0 Å². The molecule has 0 bridgehead atoms. The van der Waals surface area contributed by atoms with Gasteiger partial charge in [-0.3, -0.25) is 14.9 Å². The van der Waals surface area contributed by atoms with Crippen LogP contribution in [0, 0.1) is 5.92 Å². The van der Waals surface area contributed by atoms with Crippen molar-refractivity contribution in [2.75, 3.05) is 6.61 Å². The number of amides is 3. The number of aromatic nitrogens is 1. The lowest BCUT2D eigenvalue weighted by Crippen LogP contribution is -2.48. The molecule has 2 rings (SSSR count). The highest BCUT2D eigenvalue weighted by Crippen LogP contribution is 2.23. The van der Waals surface area contributed by atoms with E-state index in [4.69, 9.17) is 4.74 Å². The number of ketones is 1. The first kappa shape index (κ1) is 18.7. The number of imide groups is 1. The van der Waals surface area contributed by atoms with Crippen LogP contribution in [-0.4, -0.2) is 41.3 Å². The summed E-state index contributed by atoms with van der Waals surface area (Å²) in [5.74, 6) is -1.31. The number of H-pyrrole nitrogens is 1. The van der Waals surface area contributed by atoms with Gasteiger partial charge in [-0.2, -0.15) is 0 Å². The number of esters is 1. The van der Waals surface area contributed by atoms with Crippen LogP contribution in [0.25, 0.3) is 0 Å². The zero-order valence-electron chi connectivity index (χ0n) is 14.4. The molecule has 0 saturated heterocycles. The summed E-state index contributed by atoms with van der Waals surface area (Å²) < 4.78 is 4.82. The first-order chi connectivity index (χ1) is 11.9. The van der Waals surface area contributed by atoms with Crippen molar-refractivity contribution in [3.05, 3.63) is 23.5 Å². The highest BCUT2D eigenvalue weighted by Gasteiger charge is 2.23. The molecule has 0 aliphatic heterocycles. The van der Waals surface area contributed by atoms with Gasteiger partial charge in [0.05, 0.1) is 0 Å². The van der Waals surface area contributed by atoms with E-state index in [1.54, 1.807) is 0 Å². The van der Waals surface area contributed by atoms with Crippen LogP contribution in [0.1, 0.15) is 60.4 Å². The van der Waals surface area contributed by atoms with Crippen molar-refractivity contribution < 1.29 is 23.9 Å². The molecule has 2 atom stereocenters. The lowest BCUT2D eigenvalue weighted by molar-refractivity contribution is -0.123. The molecule has 1 aliphatic carbocycles. The average molecular weight is 349 g/mol. The topological polar surface area (TPSA) is 117 Å². The zero-order chi connectivity index (χ0) is 18.4. The molecular formula is C17H23N3O5. The molecule has 0 unspecified atom stereocenters. The second kappa shape index (κ2) is 8.46. The Balaban J connectivity index is 1.74. The number of hydrogen-bond acceptors (Lipinski definition) is 5. The van der Waals surface area contributed by atoms with Crippen LogP contribution in [0.5, 0.6) is 0 Å². The average Bonchev–Trinajstić information content (AvgIpc) is 3.05. The normalized spacial score (nSPS) is 19.8. The van der Waals surface area contributed by atoms with Crippen molar-refractivity contribution in [2.24, 2.45) is 5.92 Å². The van der Waals surface area contributed by atoms with Crippen LogP contribution >= 0.6 is 0 Å². The van der Waals surface area contributed by atoms with E-state index in [1.165, 1.54) is 19.2 Å². The Morgan fingerprint density at radius 2 is 1.96 bits per heavy atom. The summed E-state index contributed by atoms with van der Waals surface area (Å²) in [5.41, 5.74) is 0.413. The number of carbonyl (C=O) groups is 4. The molecule has 3 amide bonds. The quantitative estimate of drug-likeness (QED) is 0.553. The van der Waals surface area contributed by atoms with E-state index in [2.05, 4.69) is 22.5 Å². The highest BCUT2D eigenvalue weighted by atomic mass is 16.5. The molecule has 3 N–H and O–H groups in total. The molecule has 0 radical (unpaired) electrons. The number of hydrogen-bond donors (Lipinski definition) is 3. The lowest BCUT2D eigenvalue weighted by atomic mass is 9.86. The Bertz CT molecular complexity index is 667. The van der Waals surface area contributed by atoms with Crippen molar-refractivity contribution in [1.29, 1.82) is 0 Å². The van der Waals surface area contributed by atoms with Crippen LogP contribution in [0.4, 0.5) is 4.79 Å². The molecule has 1 saturated carbocycles. The van der Waals surface area contributed by atoms with Crippen molar-refractivity contribution >= 4 is 23.7 Å². The Hall–Kier alpha value is -2.64. The second-order valence-electron chi connectivity index (χ2n) is 6.32. The molecule has 1 fully saturated rings. The van der Waals surface area contributed by atoms with E-state index >= 15 is 0 Å². The molecular weight excluding hydrogens is 326 g/mol. The molecule has 0 spiro atoms. The fourth-order valence-corrected chi connectivity index (χ4v) is 2.82. The number of carbonyl (C=O) groups excluding carboxylic acids is 4. The van der Waals surface area contributed by atoms with Gasteiger partial charge in [0.1, 0.15) is 5.69 Å². The minimum absolute atomic E-state index is 0.0491. The predicted octanol–water partition coefficient (Wildman–Crippen LogP) is 1.78. The van der Waals surface area contributed by atoms with Crippen molar-refractivity contribution in [2.45, 2.75) is 45.6 Å². The molecule has 1 aromatic rings. The molecule has 1 aromatic heterocycles. The highest BCUT2D eigenvalue weighted by molar-refractivity contribution is 5.99. The summed E-state index contributed by atoms with van der Waals surface area (Å²) >= 11 is 0. The van der Waals surface area contributed by atoms with Gasteiger partial charge in [-0.15, -0.1) is 0 Å². The SMILES string of the molecule is CC(=O)c1c[nH]c(C(=O)OCC(=O)NC(=O)N[C@H]2CCCC[C@@H]2C)c1. The molecule has 0 aromatic carbocycles. The maximum atomic E-state index is 11.8. The summed E-state index contributed by atoms with van der Waals surface area (Å²) in [7, 11) is 0. The van der Waals surface area contributed by atoms with Crippen molar-refractivity contribution in [3.8, 4) is 0 Å². The third-order valence-electron chi connectivity index (χ3n) is 4.32. The fraction of sp³-hybridized carbons (Fsp3) is 0.529. The summed E-state index contributed by atoms with van der Waals surface area (Å²) in [6, 6.07) is 0.811. The maximum Gasteiger partial charge on any atom is 0.355 e. The van der Waals surface area contributed by atoms with Crippen molar-refractivity contribution in [3.63, 3.8) is 0 Å². The van der Waals surface area contributed by atoms with E-state index < -0.39 is 24.5 Å². The van der Waals surface area contributed by atoms with Crippen LogP contribution in [-0.2, 0) is 9.53 Å². The van der Waals surface area contributed by atoms with Gasteiger partial charge < -0.3 is 15.0 Å². The van der Waals surface area contributed by atoms with E-state index in [0.717, 1.165) is 25.7 Å². The Labute approximate surface area is 145 Å². The minimum Gasteiger partial charge on any atom is -0.451 e. The van der Waals surface area contributed by atoms with Crippen LogP contribution in [0.2, 0.25) is 0 Å². The predicted molar refractivity (Wildman–Crippen MR) is 89.2 cm³/mol. The lowest BCUT2D eigenvalue weighted by Gasteiger charge is -2.29. The molecule has 1 heterocycles. The standard InChI is InChI=1S/C17H23N3O5/c1-10-5-3-4-6-13(10)19-17(24)20-15(22)9-25-16(23)14-7-12(8-18-14)11(2)21/h7-8,10,13,18H,3-6,9H2,1-2H3,(H2,19,20,22,24)/t10-,13-/m0/s1. The summed E-state index contributed by atoms with van der Waals surface area (Å²) in [5, 5.41) is 4.93. The molecule has 1 aliphatic rings. The number of urea groups is 1. The number of aromatic amines is 1. The van der Waals surface area contributed by atoms with Gasteiger partial charge in [0.15, 0.2) is 12.4 Å². The summed E-state index contributed by atoms with van der Waals surface area (Å²) in [6.45, 7) is 2.86. The van der Waals surface area contributed by atoms with Gasteiger partial charge in [0, 0.05) is 17.8 Å². The first-order valence-electron chi connectivity index (χ1n) is 8.33. The van der Waals surface area contributed by atoms with Crippen LogP contribution in [0.15, 0.2) is 12.3 Å². The fourth-order valence-electron chi connectivity index (χ4n) is 2.82. The Kier molecular flexibility index (Phi) is 6.32. The summed E-state index contributed by atoms with van der Waals surface area (Å²) in [6.07, 6.45) is 5.54. The number of Topliss-reactive ketones (excluding diaryl/α,β-unsaturated/α-hetero) is 1. The zero-order valence-corrected chi connectivity index (χ0v) is 14.4. The monoisotopic (exact) mass is 349 g/mol. The van der Waals surface area contributed by atoms with Crippen molar-refractivity contribution in [1.82, 2.24) is 15.6 Å². The number of nitrogens with one attached hydrogen (secondary N) is 3. The largest absolute Gasteiger partial charge is 0.451 e. The molecule has 8 nitrogen and oxygen atoms in total. The van der Waals surface area contributed by atoms with E-state index in [0.29, 0.717) is 11.5 Å². The number of ether oxygens (including phenoxy) is 1. The first-order valence-corrected chi connectivity index (χ1v) is 8.33. The molecule has 136 valence electrons. The van der Waals surface area contributed by atoms with E-state index in [9.17, 15) is 19.2 Å². The van der Waals surface area contributed by atoms with E-state index in [1.807, 2.05) is 0 Å². The van der Waals surface area contributed by atoms with Gasteiger partial charge in [-0.1, -0.05) is 19.8 Å². The van der Waals surface area contributed by atoms with E-state index in [-0.39, 0.29) is 17.5 Å². The van der Waals surface area contributed by atoms with Crippen LogP contribution in [0.3, 0.4) is 0 Å². The van der Waals surface area contributed by atoms with Gasteiger partial charge in [0.25, 0.3) is 5.91 Å². The second-order valence-corrected chi connectivity index (χ2v) is 6.32. The molecule has 25 heavy (non-hydrogen) atoms. The maximum absolute atomic E-state index is 11.8. The van der Waals surface area contributed by atoms with Gasteiger partial charge in [-0.05, 0) is 31.7 Å². The van der Waals surface area contributed by atoms with Gasteiger partial charge in [-0.25, -0.2) is 9.59 Å². The Morgan fingerprint density at radius 1 is 1.24 bits per heavy atom. The minimum atomic E-state index is -0.774. The van der Waals surface area contributed by atoms with Crippen LogP contribution < -0.4 is 10.6 Å². The smallest absolute Gasteiger partial charge is 0.355 e. The third-order valence-corrected chi connectivity index (χ3v) is 4.32. The summed E-state index contributed by atoms with van der Waals surface area (Å²) in [4.78, 5) is 49.1. The third kappa shape index (κ3) is 5.44. The molecule has 8 heteroatoms. The Morgan fingerprint density at radius 3 is 2.60 bits per heavy atom.